The molecule has 2 aromatic rings. The number of hydrogen-bond acceptors (Lipinski definition) is 6. The number of sulfonamides is 1. The Bertz CT molecular complexity index is 1230. The molecule has 0 aliphatic carbocycles. The molecule has 1 N–H and O–H groups in total. The van der Waals surface area contributed by atoms with Crippen LogP contribution in [-0.2, 0) is 24.4 Å². The number of likely N-dealkylation sites (tertiary alicyclic amines) is 2. The van der Waals surface area contributed by atoms with Crippen molar-refractivity contribution in [3.63, 3.8) is 0 Å². The number of piperidine rings is 1. The lowest BCUT2D eigenvalue weighted by Gasteiger charge is -2.33. The first-order chi connectivity index (χ1) is 16.0. The highest BCUT2D eigenvalue weighted by molar-refractivity contribution is 7.91. The van der Waals surface area contributed by atoms with Gasteiger partial charge in [-0.05, 0) is 42.8 Å². The highest BCUT2D eigenvalue weighted by Crippen LogP contribution is 2.31. The number of likely N-dealkylation sites (N-methyl/N-ethyl adjacent to an activating group) is 1. The second-order valence-electron chi connectivity index (χ2n) is 8.74. The largest absolute Gasteiger partial charge is 0.341 e. The van der Waals surface area contributed by atoms with E-state index in [1.54, 1.807) is 41.1 Å². The molecule has 0 spiro atoms. The van der Waals surface area contributed by atoms with E-state index in [1.807, 2.05) is 0 Å². The minimum absolute atomic E-state index is 0.0331. The van der Waals surface area contributed by atoms with Crippen molar-refractivity contribution < 1.29 is 22.8 Å². The molecular weight excluding hydrogens is 500 g/mol. The molecule has 1 aromatic heterocycles. The van der Waals surface area contributed by atoms with E-state index in [9.17, 15) is 22.8 Å². The summed E-state index contributed by atoms with van der Waals surface area (Å²) in [5.41, 5.74) is 0. The van der Waals surface area contributed by atoms with Gasteiger partial charge in [0.25, 0.3) is 10.0 Å². The number of halogens is 1. The standard InChI is InChI=1S/C22H27ClN4O5S2/c1-14(28)25(2)17-7-9-26(12-17)20(29)13-27-8-3-4-18(22(27)30)24-34(31,32)21-10-15-5-6-16(23)11-19(15)33-21/h5-6,10-11,17-18,24H,3-4,7-9,12-13H2,1-2H3/t17?,18-/m0/s1. The molecule has 3 amide bonds. The van der Waals surface area contributed by atoms with Gasteiger partial charge >= 0.3 is 0 Å². The monoisotopic (exact) mass is 526 g/mol. The summed E-state index contributed by atoms with van der Waals surface area (Å²) < 4.78 is 29.4. The highest BCUT2D eigenvalue weighted by Gasteiger charge is 2.36. The predicted molar refractivity (Wildman–Crippen MR) is 130 cm³/mol. The first kappa shape index (κ1) is 24.9. The summed E-state index contributed by atoms with van der Waals surface area (Å²) in [5.74, 6) is -0.649. The smallest absolute Gasteiger partial charge is 0.250 e. The quantitative estimate of drug-likeness (QED) is 0.618. The summed E-state index contributed by atoms with van der Waals surface area (Å²) in [6.45, 7) is 2.74. The first-order valence-electron chi connectivity index (χ1n) is 11.1. The average Bonchev–Trinajstić information content (AvgIpc) is 3.43. The maximum absolute atomic E-state index is 13.0. The van der Waals surface area contributed by atoms with Gasteiger partial charge in [0.15, 0.2) is 0 Å². The van der Waals surface area contributed by atoms with Crippen LogP contribution < -0.4 is 4.72 Å². The molecule has 9 nitrogen and oxygen atoms in total. The number of carbonyl (C=O) groups is 3. The second kappa shape index (κ2) is 9.80. The third-order valence-corrected chi connectivity index (χ3v) is 9.72. The van der Waals surface area contributed by atoms with E-state index in [1.165, 1.54) is 11.8 Å². The van der Waals surface area contributed by atoms with Crippen LogP contribution in [0.15, 0.2) is 28.5 Å². The summed E-state index contributed by atoms with van der Waals surface area (Å²) in [6, 6.07) is 5.76. The van der Waals surface area contributed by atoms with E-state index in [0.717, 1.165) is 21.4 Å². The van der Waals surface area contributed by atoms with E-state index < -0.39 is 22.0 Å². The fraction of sp³-hybridized carbons (Fsp3) is 0.500. The van der Waals surface area contributed by atoms with Crippen molar-refractivity contribution >= 4 is 60.8 Å². The summed E-state index contributed by atoms with van der Waals surface area (Å²) >= 11 is 7.09. The molecule has 2 aliphatic heterocycles. The van der Waals surface area contributed by atoms with Crippen molar-refractivity contribution in [3.8, 4) is 0 Å². The van der Waals surface area contributed by atoms with Crippen LogP contribution in [0.5, 0.6) is 0 Å². The molecule has 12 heteroatoms. The van der Waals surface area contributed by atoms with Crippen molar-refractivity contribution in [2.24, 2.45) is 0 Å². The average molecular weight is 527 g/mol. The Labute approximate surface area is 207 Å². The molecule has 2 fully saturated rings. The lowest BCUT2D eigenvalue weighted by molar-refractivity contribution is -0.142. The molecule has 1 aromatic carbocycles. The lowest BCUT2D eigenvalue weighted by Crippen LogP contribution is -2.54. The van der Waals surface area contributed by atoms with Crippen molar-refractivity contribution in [2.45, 2.75) is 42.5 Å². The van der Waals surface area contributed by atoms with Gasteiger partial charge in [-0.1, -0.05) is 17.7 Å². The van der Waals surface area contributed by atoms with Gasteiger partial charge in [0, 0.05) is 43.3 Å². The van der Waals surface area contributed by atoms with Gasteiger partial charge in [0.05, 0.1) is 12.6 Å². The summed E-state index contributed by atoms with van der Waals surface area (Å²) in [6.07, 6.45) is 1.65. The minimum Gasteiger partial charge on any atom is -0.341 e. The number of amides is 3. The van der Waals surface area contributed by atoms with Crippen molar-refractivity contribution in [3.05, 3.63) is 29.3 Å². The van der Waals surface area contributed by atoms with Gasteiger partial charge < -0.3 is 14.7 Å². The van der Waals surface area contributed by atoms with E-state index in [-0.39, 0.29) is 28.6 Å². The van der Waals surface area contributed by atoms with Crippen LogP contribution in [-0.4, -0.2) is 86.1 Å². The summed E-state index contributed by atoms with van der Waals surface area (Å²) in [5, 5.41) is 1.28. The topological polar surface area (TPSA) is 107 Å². The third kappa shape index (κ3) is 5.22. The molecule has 2 aliphatic rings. The summed E-state index contributed by atoms with van der Waals surface area (Å²) in [7, 11) is -2.20. The SMILES string of the molecule is CC(=O)N(C)C1CCN(C(=O)CN2CCC[C@H](NS(=O)(=O)c3cc4ccc(Cl)cc4s3)C2=O)C1. The Morgan fingerprint density at radius 3 is 2.74 bits per heavy atom. The van der Waals surface area contributed by atoms with Crippen molar-refractivity contribution in [1.82, 2.24) is 19.4 Å². The highest BCUT2D eigenvalue weighted by atomic mass is 35.5. The van der Waals surface area contributed by atoms with Crippen LogP contribution >= 0.6 is 22.9 Å². The first-order valence-corrected chi connectivity index (χ1v) is 13.7. The Morgan fingerprint density at radius 1 is 1.24 bits per heavy atom. The number of fused-ring (bicyclic) bond motifs is 1. The number of rotatable bonds is 6. The second-order valence-corrected chi connectivity index (χ2v) is 12.2. The van der Waals surface area contributed by atoms with Crippen LogP contribution in [0.1, 0.15) is 26.2 Å². The van der Waals surface area contributed by atoms with Crippen LogP contribution in [0.2, 0.25) is 5.02 Å². The number of carbonyl (C=O) groups excluding carboxylic acids is 3. The van der Waals surface area contributed by atoms with Gasteiger partial charge in [-0.25, -0.2) is 8.42 Å². The van der Waals surface area contributed by atoms with Crippen LogP contribution in [0.25, 0.3) is 10.1 Å². The van der Waals surface area contributed by atoms with E-state index in [4.69, 9.17) is 11.6 Å². The van der Waals surface area contributed by atoms with Crippen LogP contribution in [0.4, 0.5) is 0 Å². The molecule has 34 heavy (non-hydrogen) atoms. The van der Waals surface area contributed by atoms with E-state index in [2.05, 4.69) is 4.72 Å². The molecule has 0 saturated carbocycles. The molecule has 1 unspecified atom stereocenters. The Balaban J connectivity index is 1.39. The van der Waals surface area contributed by atoms with Gasteiger partial charge in [0.1, 0.15) is 10.3 Å². The Hall–Kier alpha value is -2.21. The van der Waals surface area contributed by atoms with Gasteiger partial charge in [-0.3, -0.25) is 14.4 Å². The van der Waals surface area contributed by atoms with Crippen LogP contribution in [0.3, 0.4) is 0 Å². The van der Waals surface area contributed by atoms with Gasteiger partial charge in [0.2, 0.25) is 17.7 Å². The number of hydrogen-bond donors (Lipinski definition) is 1. The maximum Gasteiger partial charge on any atom is 0.250 e. The number of benzene rings is 1. The number of nitrogens with one attached hydrogen (secondary N) is 1. The van der Waals surface area contributed by atoms with Crippen molar-refractivity contribution in [2.75, 3.05) is 33.2 Å². The van der Waals surface area contributed by atoms with Gasteiger partial charge in [-0.2, -0.15) is 4.72 Å². The van der Waals surface area contributed by atoms with E-state index >= 15 is 0 Å². The zero-order valence-corrected chi connectivity index (χ0v) is 21.4. The zero-order chi connectivity index (χ0) is 24.6. The normalized spacial score (nSPS) is 21.3. The van der Waals surface area contributed by atoms with E-state index in [0.29, 0.717) is 43.9 Å². The molecule has 3 heterocycles. The minimum atomic E-state index is -3.91. The Morgan fingerprint density at radius 2 is 2.00 bits per heavy atom. The maximum atomic E-state index is 13.0. The van der Waals surface area contributed by atoms with Crippen LogP contribution in [0, 0.1) is 0 Å². The Kier molecular flexibility index (Phi) is 7.18. The molecular formula is C22H27ClN4O5S2. The lowest BCUT2D eigenvalue weighted by atomic mass is 10.1. The van der Waals surface area contributed by atoms with Gasteiger partial charge in [-0.15, -0.1) is 11.3 Å². The van der Waals surface area contributed by atoms with Crippen molar-refractivity contribution in [1.29, 1.82) is 0 Å². The molecule has 0 bridgehead atoms. The zero-order valence-electron chi connectivity index (χ0n) is 19.0. The molecule has 4 rings (SSSR count). The third-order valence-electron chi connectivity index (χ3n) is 6.44. The summed E-state index contributed by atoms with van der Waals surface area (Å²) in [4.78, 5) is 42.2. The fourth-order valence-corrected chi connectivity index (χ4v) is 7.28. The molecule has 184 valence electrons. The molecule has 0 radical (unpaired) electrons. The molecule has 2 saturated heterocycles. The molecule has 2 atom stereocenters. The number of thiophene rings is 1. The number of nitrogens with zero attached hydrogens (tertiary/aromatic N) is 3. The fourth-order valence-electron chi connectivity index (χ4n) is 4.37. The predicted octanol–water partition coefficient (Wildman–Crippen LogP) is 1.90.